The molecular formula is C10H8ClN3O2S. The number of nitrogens with one attached hydrogen (secondary N) is 1. The summed E-state index contributed by atoms with van der Waals surface area (Å²) in [5, 5.41) is 16.7. The first-order chi connectivity index (χ1) is 8.16. The number of benzene rings is 1. The number of aromatic nitrogens is 1. The summed E-state index contributed by atoms with van der Waals surface area (Å²) < 4.78 is 0. The number of rotatable bonds is 4. The Morgan fingerprint density at radius 1 is 1.53 bits per heavy atom. The Kier molecular flexibility index (Phi) is 3.55. The van der Waals surface area contributed by atoms with Crippen LogP contribution in [-0.2, 0) is 6.54 Å². The molecule has 0 aliphatic rings. The Hall–Kier alpha value is -1.66. The molecule has 0 saturated carbocycles. The standard InChI is InChI=1S/C10H8ClN3O2S/c11-8-2-1-7(5-9(8)14(15)16)13-6-10-12-3-4-17-10/h1-5,13H,6H2. The summed E-state index contributed by atoms with van der Waals surface area (Å²) in [4.78, 5) is 14.3. The molecule has 0 radical (unpaired) electrons. The van der Waals surface area contributed by atoms with Crippen LogP contribution in [-0.4, -0.2) is 9.91 Å². The van der Waals surface area contributed by atoms with Crippen molar-refractivity contribution in [3.63, 3.8) is 0 Å². The molecular weight excluding hydrogens is 262 g/mol. The van der Waals surface area contributed by atoms with Crippen molar-refractivity contribution >= 4 is 34.3 Å². The highest BCUT2D eigenvalue weighted by molar-refractivity contribution is 7.09. The average Bonchev–Trinajstić information content (AvgIpc) is 2.80. The minimum atomic E-state index is -0.503. The van der Waals surface area contributed by atoms with Gasteiger partial charge in [-0.15, -0.1) is 11.3 Å². The van der Waals surface area contributed by atoms with Crippen molar-refractivity contribution in [3.05, 3.63) is 49.9 Å². The van der Waals surface area contributed by atoms with Crippen molar-refractivity contribution in [3.8, 4) is 0 Å². The van der Waals surface area contributed by atoms with Crippen LogP contribution in [0.1, 0.15) is 5.01 Å². The normalized spacial score (nSPS) is 10.2. The Balaban J connectivity index is 2.11. The van der Waals surface area contributed by atoms with Gasteiger partial charge in [0.05, 0.1) is 11.5 Å². The lowest BCUT2D eigenvalue weighted by molar-refractivity contribution is -0.384. The quantitative estimate of drug-likeness (QED) is 0.683. The molecule has 0 unspecified atom stereocenters. The maximum Gasteiger partial charge on any atom is 0.289 e. The summed E-state index contributed by atoms with van der Waals surface area (Å²) in [6.45, 7) is 0.538. The number of hydrogen-bond acceptors (Lipinski definition) is 5. The zero-order valence-corrected chi connectivity index (χ0v) is 10.2. The Bertz CT molecular complexity index is 530. The van der Waals surface area contributed by atoms with Gasteiger partial charge in [0.15, 0.2) is 0 Å². The van der Waals surface area contributed by atoms with E-state index in [1.807, 2.05) is 5.38 Å². The van der Waals surface area contributed by atoms with Crippen LogP contribution >= 0.6 is 22.9 Å². The van der Waals surface area contributed by atoms with Crippen LogP contribution in [0, 0.1) is 10.1 Å². The first kappa shape index (κ1) is 11.8. The monoisotopic (exact) mass is 269 g/mol. The summed E-state index contributed by atoms with van der Waals surface area (Å²) >= 11 is 7.23. The van der Waals surface area contributed by atoms with Crippen LogP contribution in [0.5, 0.6) is 0 Å². The van der Waals surface area contributed by atoms with E-state index in [9.17, 15) is 10.1 Å². The van der Waals surface area contributed by atoms with E-state index in [1.165, 1.54) is 23.5 Å². The lowest BCUT2D eigenvalue weighted by Gasteiger charge is -2.04. The predicted molar refractivity (Wildman–Crippen MR) is 67.5 cm³/mol. The van der Waals surface area contributed by atoms with Gasteiger partial charge in [-0.1, -0.05) is 11.6 Å². The smallest absolute Gasteiger partial charge is 0.289 e. The van der Waals surface area contributed by atoms with Crippen molar-refractivity contribution in [1.29, 1.82) is 0 Å². The van der Waals surface area contributed by atoms with Crippen LogP contribution in [0.4, 0.5) is 11.4 Å². The molecule has 0 amide bonds. The van der Waals surface area contributed by atoms with Gasteiger partial charge in [0, 0.05) is 23.3 Å². The molecule has 0 fully saturated rings. The molecule has 0 bridgehead atoms. The van der Waals surface area contributed by atoms with Gasteiger partial charge in [0.2, 0.25) is 0 Å². The Labute approximate surface area is 106 Å². The number of hydrogen-bond donors (Lipinski definition) is 1. The molecule has 0 spiro atoms. The van der Waals surface area contributed by atoms with E-state index in [1.54, 1.807) is 12.3 Å². The average molecular weight is 270 g/mol. The number of nitro groups is 1. The number of nitrogens with zero attached hydrogens (tertiary/aromatic N) is 2. The van der Waals surface area contributed by atoms with Crippen LogP contribution in [0.2, 0.25) is 5.02 Å². The minimum Gasteiger partial charge on any atom is -0.378 e. The summed E-state index contributed by atoms with van der Waals surface area (Å²) in [6, 6.07) is 4.61. The van der Waals surface area contributed by atoms with Crippen molar-refractivity contribution in [2.24, 2.45) is 0 Å². The molecule has 5 nitrogen and oxygen atoms in total. The Morgan fingerprint density at radius 3 is 3.00 bits per heavy atom. The maximum atomic E-state index is 10.7. The third kappa shape index (κ3) is 2.92. The van der Waals surface area contributed by atoms with Gasteiger partial charge in [-0.3, -0.25) is 10.1 Å². The highest BCUT2D eigenvalue weighted by atomic mass is 35.5. The van der Waals surface area contributed by atoms with Crippen molar-refractivity contribution in [2.45, 2.75) is 6.54 Å². The van der Waals surface area contributed by atoms with Gasteiger partial charge in [-0.25, -0.2) is 4.98 Å². The van der Waals surface area contributed by atoms with Crippen molar-refractivity contribution in [1.82, 2.24) is 4.98 Å². The second-order valence-electron chi connectivity index (χ2n) is 3.20. The molecule has 0 saturated heterocycles. The van der Waals surface area contributed by atoms with Crippen LogP contribution < -0.4 is 5.32 Å². The minimum absolute atomic E-state index is 0.101. The second kappa shape index (κ2) is 5.11. The third-order valence-corrected chi connectivity index (χ3v) is 3.17. The number of halogens is 1. The number of thiazole rings is 1. The third-order valence-electron chi connectivity index (χ3n) is 2.07. The van der Waals surface area contributed by atoms with Gasteiger partial charge < -0.3 is 5.32 Å². The predicted octanol–water partition coefficient (Wildman–Crippen LogP) is 3.32. The van der Waals surface area contributed by atoms with Crippen molar-refractivity contribution in [2.75, 3.05) is 5.32 Å². The van der Waals surface area contributed by atoms with E-state index in [0.29, 0.717) is 12.2 Å². The lowest BCUT2D eigenvalue weighted by atomic mass is 10.3. The second-order valence-corrected chi connectivity index (χ2v) is 4.59. The highest BCUT2D eigenvalue weighted by Crippen LogP contribution is 2.27. The summed E-state index contributed by atoms with van der Waals surface area (Å²) in [5.74, 6) is 0. The molecule has 0 aliphatic carbocycles. The first-order valence-corrected chi connectivity index (χ1v) is 5.99. The molecule has 1 aromatic heterocycles. The first-order valence-electron chi connectivity index (χ1n) is 4.73. The fourth-order valence-corrected chi connectivity index (χ4v) is 2.02. The van der Waals surface area contributed by atoms with Crippen LogP contribution in [0.15, 0.2) is 29.8 Å². The molecule has 17 heavy (non-hydrogen) atoms. The fourth-order valence-electron chi connectivity index (χ4n) is 1.28. The summed E-state index contributed by atoms with van der Waals surface area (Å²) in [5.41, 5.74) is 0.548. The highest BCUT2D eigenvalue weighted by Gasteiger charge is 2.12. The SMILES string of the molecule is O=[N+]([O-])c1cc(NCc2nccs2)ccc1Cl. The lowest BCUT2D eigenvalue weighted by Crippen LogP contribution is -1.99. The van der Waals surface area contributed by atoms with Gasteiger partial charge in [-0.05, 0) is 12.1 Å². The molecule has 1 heterocycles. The van der Waals surface area contributed by atoms with E-state index in [0.717, 1.165) is 5.01 Å². The van der Waals surface area contributed by atoms with E-state index < -0.39 is 4.92 Å². The topological polar surface area (TPSA) is 68.1 Å². The van der Waals surface area contributed by atoms with Gasteiger partial charge >= 0.3 is 0 Å². The van der Waals surface area contributed by atoms with Crippen LogP contribution in [0.25, 0.3) is 0 Å². The molecule has 1 aromatic carbocycles. The fraction of sp³-hybridized carbons (Fsp3) is 0.100. The van der Waals surface area contributed by atoms with E-state index in [2.05, 4.69) is 10.3 Å². The van der Waals surface area contributed by atoms with E-state index in [-0.39, 0.29) is 10.7 Å². The Morgan fingerprint density at radius 2 is 2.35 bits per heavy atom. The summed E-state index contributed by atoms with van der Waals surface area (Å²) in [7, 11) is 0. The summed E-state index contributed by atoms with van der Waals surface area (Å²) in [6.07, 6.45) is 1.71. The van der Waals surface area contributed by atoms with E-state index >= 15 is 0 Å². The molecule has 2 aromatic rings. The van der Waals surface area contributed by atoms with Crippen LogP contribution in [0.3, 0.4) is 0 Å². The van der Waals surface area contributed by atoms with Crippen molar-refractivity contribution < 1.29 is 4.92 Å². The zero-order valence-electron chi connectivity index (χ0n) is 8.59. The van der Waals surface area contributed by atoms with Gasteiger partial charge in [0.1, 0.15) is 10.0 Å². The number of nitro benzene ring substituents is 1. The molecule has 0 aliphatic heterocycles. The van der Waals surface area contributed by atoms with Gasteiger partial charge in [-0.2, -0.15) is 0 Å². The number of anilines is 1. The largest absolute Gasteiger partial charge is 0.378 e. The molecule has 0 atom stereocenters. The zero-order chi connectivity index (χ0) is 12.3. The van der Waals surface area contributed by atoms with Gasteiger partial charge in [0.25, 0.3) is 5.69 Å². The molecule has 88 valence electrons. The molecule has 1 N–H and O–H groups in total. The maximum absolute atomic E-state index is 10.7. The van der Waals surface area contributed by atoms with E-state index in [4.69, 9.17) is 11.6 Å². The molecule has 2 rings (SSSR count). The molecule has 7 heteroatoms.